The Bertz CT molecular complexity index is 1550. The summed E-state index contributed by atoms with van der Waals surface area (Å²) in [6.45, 7) is 1.87. The Kier molecular flexibility index (Phi) is 5.21. The maximum Gasteiger partial charge on any atom is 0.277 e. The number of aryl methyl sites for hydroxylation is 3. The highest BCUT2D eigenvalue weighted by atomic mass is 16.5. The summed E-state index contributed by atoms with van der Waals surface area (Å²) >= 11 is 0. The minimum absolute atomic E-state index is 0.202. The number of aromatic nitrogens is 7. The van der Waals surface area contributed by atoms with Gasteiger partial charge in [-0.2, -0.15) is 10.2 Å². The zero-order valence-corrected chi connectivity index (χ0v) is 19.1. The molecule has 3 N–H and O–H groups in total. The number of benzene rings is 1. The van der Waals surface area contributed by atoms with Crippen LogP contribution >= 0.6 is 0 Å². The molecule has 0 aliphatic heterocycles. The van der Waals surface area contributed by atoms with Gasteiger partial charge in [-0.15, -0.1) is 5.10 Å². The van der Waals surface area contributed by atoms with E-state index >= 15 is 0 Å². The molecular formula is C23H23N9O2. The monoisotopic (exact) mass is 457 g/mol. The summed E-state index contributed by atoms with van der Waals surface area (Å²) < 4.78 is 8.87. The molecular weight excluding hydrogens is 434 g/mol. The minimum Gasteiger partial charge on any atom is -0.494 e. The summed E-state index contributed by atoms with van der Waals surface area (Å²) in [6.07, 6.45) is 1.87. The quantitative estimate of drug-likeness (QED) is 0.355. The van der Waals surface area contributed by atoms with E-state index in [4.69, 9.17) is 4.74 Å². The highest BCUT2D eigenvalue weighted by molar-refractivity contribution is 5.94. The van der Waals surface area contributed by atoms with E-state index in [1.54, 1.807) is 24.9 Å². The lowest BCUT2D eigenvalue weighted by Gasteiger charge is -2.15. The maximum absolute atomic E-state index is 12.9. The standard InChI is InChI=1S/C23H23N9O2/c1-13-8-9-18(28-27-13)25-19-12-17(20-22(26-19)30-32(3)23(20)33)24-16-7-5-6-14(21(16)34-4)15-10-11-31(2)29-15/h5-12H,1-4H3,(H3,24,25,26,28,30). The first-order valence-electron chi connectivity index (χ1n) is 10.5. The number of hydrogen-bond donors (Lipinski definition) is 3. The number of fused-ring (bicyclic) bond motifs is 1. The lowest BCUT2D eigenvalue weighted by Crippen LogP contribution is -2.12. The lowest BCUT2D eigenvalue weighted by atomic mass is 10.1. The van der Waals surface area contributed by atoms with Gasteiger partial charge in [0, 0.05) is 31.9 Å². The van der Waals surface area contributed by atoms with Gasteiger partial charge >= 0.3 is 0 Å². The molecule has 4 aromatic heterocycles. The van der Waals surface area contributed by atoms with E-state index < -0.39 is 0 Å². The van der Waals surface area contributed by atoms with Crippen LogP contribution in [0.15, 0.2) is 53.5 Å². The molecule has 0 saturated heterocycles. The molecule has 5 aromatic rings. The number of H-pyrrole nitrogens is 1. The number of pyridine rings is 1. The Hall–Kier alpha value is -4.67. The fourth-order valence-electron chi connectivity index (χ4n) is 3.74. The van der Waals surface area contributed by atoms with E-state index in [1.807, 2.05) is 56.6 Å². The molecule has 0 bridgehead atoms. The minimum atomic E-state index is -0.202. The van der Waals surface area contributed by atoms with Crippen LogP contribution in [0.25, 0.3) is 22.3 Å². The van der Waals surface area contributed by atoms with Gasteiger partial charge in [-0.25, -0.2) is 4.98 Å². The average Bonchev–Trinajstić information content (AvgIpc) is 3.38. The molecule has 1 aromatic carbocycles. The largest absolute Gasteiger partial charge is 0.494 e. The number of nitrogens with zero attached hydrogens (tertiary/aromatic N) is 6. The first-order chi connectivity index (χ1) is 16.4. The molecule has 0 saturated carbocycles. The van der Waals surface area contributed by atoms with Gasteiger partial charge in [-0.1, -0.05) is 6.07 Å². The van der Waals surface area contributed by atoms with Crippen molar-refractivity contribution in [3.8, 4) is 17.0 Å². The normalized spacial score (nSPS) is 11.1. The molecule has 0 aliphatic carbocycles. The van der Waals surface area contributed by atoms with Crippen LogP contribution < -0.4 is 20.9 Å². The molecule has 11 nitrogen and oxygen atoms in total. The molecule has 0 fully saturated rings. The second kappa shape index (κ2) is 8.35. The Morgan fingerprint density at radius 3 is 2.56 bits per heavy atom. The number of nitrogens with one attached hydrogen (secondary N) is 3. The van der Waals surface area contributed by atoms with Crippen LogP contribution in [0, 0.1) is 6.92 Å². The van der Waals surface area contributed by atoms with E-state index in [0.717, 1.165) is 17.0 Å². The van der Waals surface area contributed by atoms with Gasteiger partial charge in [-0.3, -0.25) is 19.3 Å². The second-order valence-corrected chi connectivity index (χ2v) is 7.83. The number of aromatic amines is 1. The third-order valence-corrected chi connectivity index (χ3v) is 5.34. The van der Waals surface area contributed by atoms with Gasteiger partial charge in [0.2, 0.25) is 0 Å². The van der Waals surface area contributed by atoms with Crippen LogP contribution in [-0.2, 0) is 14.1 Å². The number of rotatable bonds is 6. The number of hydrogen-bond acceptors (Lipinski definition) is 8. The van der Waals surface area contributed by atoms with Crippen LogP contribution in [0.2, 0.25) is 0 Å². The number of methoxy groups -OCH3 is 1. The van der Waals surface area contributed by atoms with Crippen LogP contribution in [-0.4, -0.2) is 41.9 Å². The van der Waals surface area contributed by atoms with Crippen molar-refractivity contribution in [1.29, 1.82) is 0 Å². The summed E-state index contributed by atoms with van der Waals surface area (Å²) in [5.41, 5.74) is 3.89. The van der Waals surface area contributed by atoms with Crippen molar-refractivity contribution < 1.29 is 4.74 Å². The molecule has 0 aliphatic rings. The Labute approximate surface area is 194 Å². The number of anilines is 4. The molecule has 0 unspecified atom stereocenters. The molecule has 0 atom stereocenters. The molecule has 4 heterocycles. The van der Waals surface area contributed by atoms with E-state index in [0.29, 0.717) is 39.8 Å². The Morgan fingerprint density at radius 2 is 1.85 bits per heavy atom. The van der Waals surface area contributed by atoms with Crippen molar-refractivity contribution >= 4 is 34.0 Å². The van der Waals surface area contributed by atoms with Crippen LogP contribution in [0.4, 0.5) is 23.0 Å². The predicted molar refractivity (Wildman–Crippen MR) is 130 cm³/mol. The first-order valence-corrected chi connectivity index (χ1v) is 10.5. The highest BCUT2D eigenvalue weighted by Gasteiger charge is 2.18. The Balaban J connectivity index is 1.61. The molecule has 172 valence electrons. The highest BCUT2D eigenvalue weighted by Crippen LogP contribution is 2.38. The van der Waals surface area contributed by atoms with Crippen LogP contribution in [0.1, 0.15) is 5.69 Å². The van der Waals surface area contributed by atoms with Gasteiger partial charge < -0.3 is 15.4 Å². The van der Waals surface area contributed by atoms with Crippen molar-refractivity contribution in [3.63, 3.8) is 0 Å². The van der Waals surface area contributed by atoms with E-state index in [2.05, 4.69) is 36.0 Å². The summed E-state index contributed by atoms with van der Waals surface area (Å²) in [5.74, 6) is 1.64. The fraction of sp³-hybridized carbons (Fsp3) is 0.174. The molecule has 5 rings (SSSR count). The maximum atomic E-state index is 12.9. The summed E-state index contributed by atoms with van der Waals surface area (Å²) in [4.78, 5) is 17.4. The van der Waals surface area contributed by atoms with Crippen LogP contribution in [0.5, 0.6) is 5.75 Å². The molecule has 0 radical (unpaired) electrons. The van der Waals surface area contributed by atoms with Crippen molar-refractivity contribution in [3.05, 3.63) is 64.7 Å². The zero-order chi connectivity index (χ0) is 23.8. The number of para-hydroxylation sites is 1. The zero-order valence-electron chi connectivity index (χ0n) is 19.1. The molecule has 11 heteroatoms. The summed E-state index contributed by atoms with van der Waals surface area (Å²) in [5, 5.41) is 22.6. The van der Waals surface area contributed by atoms with Gasteiger partial charge in [0.25, 0.3) is 5.56 Å². The molecule has 0 spiro atoms. The third kappa shape index (κ3) is 3.83. The number of ether oxygens (including phenoxy) is 1. The average molecular weight is 457 g/mol. The third-order valence-electron chi connectivity index (χ3n) is 5.34. The molecule has 0 amide bonds. The summed E-state index contributed by atoms with van der Waals surface area (Å²) in [7, 11) is 5.11. The Morgan fingerprint density at radius 1 is 1.00 bits per heavy atom. The van der Waals surface area contributed by atoms with Crippen LogP contribution in [0.3, 0.4) is 0 Å². The molecule has 34 heavy (non-hydrogen) atoms. The summed E-state index contributed by atoms with van der Waals surface area (Å²) in [6, 6.07) is 13.1. The van der Waals surface area contributed by atoms with Gasteiger partial charge in [0.15, 0.2) is 17.2 Å². The van der Waals surface area contributed by atoms with Crippen molar-refractivity contribution in [2.45, 2.75) is 6.92 Å². The van der Waals surface area contributed by atoms with Gasteiger partial charge in [0.05, 0.1) is 29.9 Å². The predicted octanol–water partition coefficient (Wildman–Crippen LogP) is 3.26. The van der Waals surface area contributed by atoms with Gasteiger partial charge in [0.1, 0.15) is 11.2 Å². The van der Waals surface area contributed by atoms with E-state index in [1.165, 1.54) is 4.68 Å². The second-order valence-electron chi connectivity index (χ2n) is 7.83. The smallest absolute Gasteiger partial charge is 0.277 e. The first kappa shape index (κ1) is 21.2. The van der Waals surface area contributed by atoms with Crippen molar-refractivity contribution in [2.24, 2.45) is 14.1 Å². The fourth-order valence-corrected chi connectivity index (χ4v) is 3.74. The lowest BCUT2D eigenvalue weighted by molar-refractivity contribution is 0.418. The van der Waals surface area contributed by atoms with E-state index in [9.17, 15) is 4.79 Å². The van der Waals surface area contributed by atoms with Crippen molar-refractivity contribution in [2.75, 3.05) is 17.7 Å². The van der Waals surface area contributed by atoms with Gasteiger partial charge in [-0.05, 0) is 37.3 Å². The van der Waals surface area contributed by atoms with Crippen molar-refractivity contribution in [1.82, 2.24) is 34.7 Å². The van der Waals surface area contributed by atoms with E-state index in [-0.39, 0.29) is 5.56 Å². The topological polar surface area (TPSA) is 128 Å². The SMILES string of the molecule is COc1c(Nc2cc(Nc3ccc(C)nn3)nc3[nH]n(C)c(=O)c23)cccc1-c1ccn(C)n1.